The number of thiophene rings is 1. The van der Waals surface area contributed by atoms with Crippen molar-refractivity contribution < 1.29 is 9.32 Å². The van der Waals surface area contributed by atoms with Crippen molar-refractivity contribution in [2.75, 3.05) is 26.2 Å². The Bertz CT molecular complexity index is 694. The highest BCUT2D eigenvalue weighted by Crippen LogP contribution is 2.26. The Morgan fingerprint density at radius 3 is 2.50 bits per heavy atom. The average molecular weight is 422 g/mol. The highest BCUT2D eigenvalue weighted by molar-refractivity contribution is 7.13. The Kier molecular flexibility index (Phi) is 8.04. The molecule has 1 fully saturated rings. The van der Waals surface area contributed by atoms with Gasteiger partial charge in [-0.05, 0) is 32.2 Å². The van der Waals surface area contributed by atoms with Gasteiger partial charge < -0.3 is 15.2 Å². The first-order valence-electron chi connectivity index (χ1n) is 8.06. The maximum absolute atomic E-state index is 12.2. The van der Waals surface area contributed by atoms with Crippen molar-refractivity contribution in [1.82, 2.24) is 19.9 Å². The maximum Gasteiger partial charge on any atom is 0.244 e. The van der Waals surface area contributed by atoms with Gasteiger partial charge in [0.25, 0.3) is 0 Å². The fourth-order valence-electron chi connectivity index (χ4n) is 2.79. The molecule has 1 atom stereocenters. The van der Waals surface area contributed by atoms with Crippen molar-refractivity contribution in [1.29, 1.82) is 0 Å². The van der Waals surface area contributed by atoms with E-state index in [0.29, 0.717) is 24.8 Å². The van der Waals surface area contributed by atoms with Gasteiger partial charge in [-0.25, -0.2) is 0 Å². The summed E-state index contributed by atoms with van der Waals surface area (Å²) in [6.45, 7) is 8.39. The number of aromatic nitrogens is 2. The van der Waals surface area contributed by atoms with Gasteiger partial charge in [0.15, 0.2) is 0 Å². The molecule has 0 aliphatic carbocycles. The van der Waals surface area contributed by atoms with E-state index in [1.54, 1.807) is 25.2 Å². The molecule has 3 rings (SSSR count). The summed E-state index contributed by atoms with van der Waals surface area (Å²) in [6, 6.07) is 3.96. The molecule has 1 amide bonds. The van der Waals surface area contributed by atoms with Crippen LogP contribution in [0.15, 0.2) is 22.0 Å². The van der Waals surface area contributed by atoms with E-state index in [-0.39, 0.29) is 36.8 Å². The van der Waals surface area contributed by atoms with Crippen LogP contribution in [0, 0.1) is 0 Å². The molecule has 2 N–H and O–H groups in total. The number of nitrogens with zero attached hydrogens (tertiary/aromatic N) is 4. The zero-order chi connectivity index (χ0) is 17.3. The second-order valence-corrected chi connectivity index (χ2v) is 7.61. The summed E-state index contributed by atoms with van der Waals surface area (Å²) in [4.78, 5) is 21.8. The second-order valence-electron chi connectivity index (χ2n) is 6.66. The van der Waals surface area contributed by atoms with Gasteiger partial charge in [0, 0.05) is 26.2 Å². The lowest BCUT2D eigenvalue weighted by Crippen LogP contribution is -2.57. The normalized spacial score (nSPS) is 16.5. The number of amides is 1. The van der Waals surface area contributed by atoms with Gasteiger partial charge in [-0.3, -0.25) is 9.69 Å². The zero-order valence-corrected chi connectivity index (χ0v) is 17.5. The second kappa shape index (κ2) is 9.14. The smallest absolute Gasteiger partial charge is 0.244 e. The predicted molar refractivity (Wildman–Crippen MR) is 107 cm³/mol. The largest absolute Gasteiger partial charge is 0.339 e. The van der Waals surface area contributed by atoms with Gasteiger partial charge in [-0.15, -0.1) is 36.2 Å². The summed E-state index contributed by atoms with van der Waals surface area (Å²) in [7, 11) is 0. The van der Waals surface area contributed by atoms with Gasteiger partial charge in [0.2, 0.25) is 17.6 Å². The van der Waals surface area contributed by atoms with Gasteiger partial charge in [0.1, 0.15) is 0 Å². The molecule has 0 aromatic carbocycles. The number of halogens is 2. The average Bonchev–Trinajstić information content (AvgIpc) is 3.23. The van der Waals surface area contributed by atoms with Crippen LogP contribution in [0.4, 0.5) is 0 Å². The number of piperazine rings is 1. The van der Waals surface area contributed by atoms with Crippen molar-refractivity contribution in [2.24, 2.45) is 5.73 Å². The van der Waals surface area contributed by atoms with E-state index in [0.717, 1.165) is 18.0 Å². The van der Waals surface area contributed by atoms with E-state index in [1.165, 1.54) is 0 Å². The maximum atomic E-state index is 12.2. The Hall–Kier alpha value is -1.19. The summed E-state index contributed by atoms with van der Waals surface area (Å²) >= 11 is 1.59. The van der Waals surface area contributed by atoms with Crippen LogP contribution in [0.1, 0.15) is 32.7 Å². The summed E-state index contributed by atoms with van der Waals surface area (Å²) in [5.74, 6) is 1.23. The van der Waals surface area contributed by atoms with Gasteiger partial charge in [0.05, 0.1) is 16.5 Å². The molecule has 0 spiro atoms. The minimum absolute atomic E-state index is 0. The number of rotatable bonds is 4. The summed E-state index contributed by atoms with van der Waals surface area (Å²) in [5.41, 5.74) is 5.08. The summed E-state index contributed by atoms with van der Waals surface area (Å²) < 4.78 is 5.44. The monoisotopic (exact) mass is 421 g/mol. The predicted octanol–water partition coefficient (Wildman–Crippen LogP) is 2.58. The third-order valence-electron chi connectivity index (χ3n) is 4.24. The molecule has 1 unspecified atom stereocenters. The van der Waals surface area contributed by atoms with Crippen LogP contribution in [0.5, 0.6) is 0 Å². The molecule has 1 saturated heterocycles. The van der Waals surface area contributed by atoms with E-state index >= 15 is 0 Å². The number of hydrogen-bond donors (Lipinski definition) is 1. The van der Waals surface area contributed by atoms with E-state index in [9.17, 15) is 4.79 Å². The van der Waals surface area contributed by atoms with E-state index in [1.807, 2.05) is 22.4 Å². The molecule has 7 nitrogen and oxygen atoms in total. The lowest BCUT2D eigenvalue weighted by molar-refractivity contribution is -0.137. The number of hydrogen-bond acceptors (Lipinski definition) is 7. The molecule has 2 aromatic heterocycles. The van der Waals surface area contributed by atoms with Crippen molar-refractivity contribution >= 4 is 42.1 Å². The topological polar surface area (TPSA) is 88.5 Å². The molecular formula is C16H25Cl2N5O2S. The van der Waals surface area contributed by atoms with Gasteiger partial charge in [-0.2, -0.15) is 4.98 Å². The number of nitrogens with two attached hydrogens (primary N) is 1. The van der Waals surface area contributed by atoms with Crippen molar-refractivity contribution in [3.05, 3.63) is 23.4 Å². The van der Waals surface area contributed by atoms with Crippen LogP contribution in [-0.4, -0.2) is 57.6 Å². The zero-order valence-electron chi connectivity index (χ0n) is 15.0. The van der Waals surface area contributed by atoms with Crippen molar-refractivity contribution in [2.45, 2.75) is 32.4 Å². The summed E-state index contributed by atoms with van der Waals surface area (Å²) in [6.07, 6.45) is 0. The van der Waals surface area contributed by atoms with Crippen molar-refractivity contribution in [3.63, 3.8) is 0 Å². The summed E-state index contributed by atoms with van der Waals surface area (Å²) in [5, 5.41) is 6.06. The minimum Gasteiger partial charge on any atom is -0.339 e. The molecule has 1 aliphatic heterocycles. The third kappa shape index (κ3) is 4.95. The molecule has 146 valence electrons. The number of carbonyl (C=O) groups is 1. The lowest BCUT2D eigenvalue weighted by Gasteiger charge is -2.39. The van der Waals surface area contributed by atoms with Crippen LogP contribution < -0.4 is 5.73 Å². The van der Waals surface area contributed by atoms with Crippen molar-refractivity contribution in [3.8, 4) is 10.7 Å². The number of carbonyl (C=O) groups excluding carboxylic acids is 1. The quantitative estimate of drug-likeness (QED) is 0.815. The molecule has 10 heteroatoms. The van der Waals surface area contributed by atoms with E-state index < -0.39 is 5.54 Å². The first kappa shape index (κ1) is 22.9. The van der Waals surface area contributed by atoms with Crippen LogP contribution >= 0.6 is 36.2 Å². The van der Waals surface area contributed by atoms with Crippen LogP contribution in [0.25, 0.3) is 10.7 Å². The fraction of sp³-hybridized carbons (Fsp3) is 0.562. The molecule has 2 aromatic rings. The Balaban J connectivity index is 0.00000169. The first-order valence-corrected chi connectivity index (χ1v) is 8.94. The standard InChI is InChI=1S/C16H23N5O2S.2ClH/c1-11(14-18-13(19-23-14)12-5-4-10-24-12)20-6-8-21(9-7-20)15(22)16(2,3)17;;/h4-5,10-11H,6-9,17H2,1-3H3;2*1H. The fourth-order valence-corrected chi connectivity index (χ4v) is 3.44. The Morgan fingerprint density at radius 1 is 1.31 bits per heavy atom. The van der Waals surface area contributed by atoms with Crippen LogP contribution in [-0.2, 0) is 4.79 Å². The Labute approximate surface area is 169 Å². The van der Waals surface area contributed by atoms with Gasteiger partial charge in [-0.1, -0.05) is 11.2 Å². The highest BCUT2D eigenvalue weighted by atomic mass is 35.5. The van der Waals surface area contributed by atoms with E-state index in [4.69, 9.17) is 10.3 Å². The van der Waals surface area contributed by atoms with Gasteiger partial charge >= 0.3 is 0 Å². The van der Waals surface area contributed by atoms with Crippen LogP contribution in [0.3, 0.4) is 0 Å². The first-order chi connectivity index (χ1) is 11.4. The highest BCUT2D eigenvalue weighted by Gasteiger charge is 2.32. The Morgan fingerprint density at radius 2 is 1.96 bits per heavy atom. The molecular weight excluding hydrogens is 397 g/mol. The SMILES string of the molecule is CC(c1nc(-c2cccs2)no1)N1CCN(C(=O)C(C)(C)N)CC1.Cl.Cl. The molecule has 0 saturated carbocycles. The minimum atomic E-state index is -0.824. The molecule has 3 heterocycles. The lowest BCUT2D eigenvalue weighted by atomic mass is 10.0. The molecule has 1 aliphatic rings. The molecule has 26 heavy (non-hydrogen) atoms. The van der Waals surface area contributed by atoms with Crippen LogP contribution in [0.2, 0.25) is 0 Å². The molecule has 0 radical (unpaired) electrons. The van der Waals surface area contributed by atoms with E-state index in [2.05, 4.69) is 22.0 Å². The third-order valence-corrected chi connectivity index (χ3v) is 5.11. The molecule has 0 bridgehead atoms.